The number of aryl methyl sites for hydroxylation is 1. The lowest BCUT2D eigenvalue weighted by Gasteiger charge is -2.16. The molecule has 0 fully saturated rings. The fraction of sp³-hybridized carbons (Fsp3) is 0.269. The quantitative estimate of drug-likeness (QED) is 0.425. The maximum atomic E-state index is 10.7. The Labute approximate surface area is 188 Å². The van der Waals surface area contributed by atoms with Gasteiger partial charge in [0.15, 0.2) is 11.5 Å². The molecule has 0 bridgehead atoms. The molecular weight excluding hydrogens is 404 g/mol. The summed E-state index contributed by atoms with van der Waals surface area (Å²) >= 11 is 0. The number of hydrogen-bond donors (Lipinski definition) is 1. The van der Waals surface area contributed by atoms with Crippen molar-refractivity contribution in [3.05, 3.63) is 83.7 Å². The van der Waals surface area contributed by atoms with Crippen molar-refractivity contribution in [1.82, 2.24) is 9.55 Å². The van der Waals surface area contributed by atoms with Gasteiger partial charge in [0.2, 0.25) is 0 Å². The number of benzene rings is 3. The predicted molar refractivity (Wildman–Crippen MR) is 125 cm³/mol. The van der Waals surface area contributed by atoms with E-state index < -0.39 is 6.10 Å². The summed E-state index contributed by atoms with van der Waals surface area (Å²) in [5.74, 6) is 2.99. The number of ether oxygens (including phenoxy) is 3. The number of aliphatic hydroxyl groups is 1. The Morgan fingerprint density at radius 3 is 2.53 bits per heavy atom. The average Bonchev–Trinajstić information content (AvgIpc) is 3.14. The molecule has 0 aliphatic carbocycles. The highest BCUT2D eigenvalue weighted by atomic mass is 16.5. The molecule has 0 amide bonds. The first-order valence-corrected chi connectivity index (χ1v) is 10.6. The Kier molecular flexibility index (Phi) is 6.61. The van der Waals surface area contributed by atoms with Crippen molar-refractivity contribution in [1.29, 1.82) is 0 Å². The second kappa shape index (κ2) is 9.75. The van der Waals surface area contributed by atoms with Crippen LogP contribution in [-0.2, 0) is 13.0 Å². The third-order valence-corrected chi connectivity index (χ3v) is 5.37. The first-order valence-electron chi connectivity index (χ1n) is 10.6. The molecule has 1 aromatic heterocycles. The van der Waals surface area contributed by atoms with Crippen molar-refractivity contribution in [3.8, 4) is 17.2 Å². The normalized spacial score (nSPS) is 12.0. The van der Waals surface area contributed by atoms with Gasteiger partial charge in [-0.3, -0.25) is 0 Å². The summed E-state index contributed by atoms with van der Waals surface area (Å²) in [7, 11) is 3.25. The maximum Gasteiger partial charge on any atom is 0.161 e. The van der Waals surface area contributed by atoms with Crippen molar-refractivity contribution in [3.63, 3.8) is 0 Å². The molecule has 6 nitrogen and oxygen atoms in total. The predicted octanol–water partition coefficient (Wildman–Crippen LogP) is 4.39. The number of hydrogen-bond acceptors (Lipinski definition) is 5. The van der Waals surface area contributed by atoms with Crippen LogP contribution in [0.15, 0.2) is 66.7 Å². The first kappa shape index (κ1) is 21.7. The molecule has 4 rings (SSSR count). The van der Waals surface area contributed by atoms with E-state index in [2.05, 4.69) is 4.57 Å². The Morgan fingerprint density at radius 2 is 1.75 bits per heavy atom. The van der Waals surface area contributed by atoms with Crippen LogP contribution in [0, 0.1) is 6.92 Å². The summed E-state index contributed by atoms with van der Waals surface area (Å²) in [6.07, 6.45) is -0.0854. The number of aromatic nitrogens is 2. The fourth-order valence-electron chi connectivity index (χ4n) is 3.80. The Hall–Kier alpha value is -3.51. The van der Waals surface area contributed by atoms with E-state index in [-0.39, 0.29) is 6.61 Å². The van der Waals surface area contributed by atoms with E-state index >= 15 is 0 Å². The van der Waals surface area contributed by atoms with Crippen molar-refractivity contribution in [2.45, 2.75) is 26.0 Å². The van der Waals surface area contributed by atoms with Crippen LogP contribution in [-0.4, -0.2) is 41.6 Å². The third kappa shape index (κ3) is 4.86. The number of nitrogens with zero attached hydrogens (tertiary/aromatic N) is 2. The third-order valence-electron chi connectivity index (χ3n) is 5.37. The second-order valence-electron chi connectivity index (χ2n) is 7.77. The number of imidazole rings is 1. The minimum Gasteiger partial charge on any atom is -0.493 e. The van der Waals surface area contributed by atoms with Crippen molar-refractivity contribution < 1.29 is 19.3 Å². The van der Waals surface area contributed by atoms with E-state index in [1.165, 1.54) is 0 Å². The van der Waals surface area contributed by atoms with Crippen molar-refractivity contribution >= 4 is 11.0 Å². The zero-order chi connectivity index (χ0) is 22.5. The van der Waals surface area contributed by atoms with Crippen LogP contribution in [0.4, 0.5) is 0 Å². The summed E-state index contributed by atoms with van der Waals surface area (Å²) in [6, 6.07) is 21.6. The van der Waals surface area contributed by atoms with Crippen molar-refractivity contribution in [2.24, 2.45) is 0 Å². The molecule has 32 heavy (non-hydrogen) atoms. The standard InChI is InChI=1S/C26H28N2O4/c1-18-7-6-8-21(13-18)32-17-20(29)16-28-23-10-5-4-9-22(23)27-26(28)15-19-11-12-24(30-2)25(14-19)31-3/h4-14,20,29H,15-17H2,1-3H3. The molecule has 3 aromatic carbocycles. The molecule has 6 heteroatoms. The number of para-hydroxylation sites is 2. The minimum atomic E-state index is -0.683. The molecule has 1 heterocycles. The molecule has 0 saturated carbocycles. The first-order chi connectivity index (χ1) is 15.6. The molecule has 1 atom stereocenters. The van der Waals surface area contributed by atoms with E-state index in [0.29, 0.717) is 24.5 Å². The number of rotatable bonds is 9. The average molecular weight is 433 g/mol. The highest BCUT2D eigenvalue weighted by Crippen LogP contribution is 2.29. The monoisotopic (exact) mass is 432 g/mol. The summed E-state index contributed by atoms with van der Waals surface area (Å²) in [5, 5.41) is 10.7. The lowest BCUT2D eigenvalue weighted by molar-refractivity contribution is 0.0928. The zero-order valence-electron chi connectivity index (χ0n) is 18.6. The van der Waals surface area contributed by atoms with Crippen molar-refractivity contribution in [2.75, 3.05) is 20.8 Å². The number of fused-ring (bicyclic) bond motifs is 1. The number of methoxy groups -OCH3 is 2. The molecule has 0 aliphatic heterocycles. The molecule has 0 radical (unpaired) electrons. The van der Waals surface area contributed by atoms with Gasteiger partial charge in [0.05, 0.1) is 31.8 Å². The molecule has 166 valence electrons. The minimum absolute atomic E-state index is 0.200. The molecular formula is C26H28N2O4. The fourth-order valence-corrected chi connectivity index (χ4v) is 3.80. The van der Waals surface area contributed by atoms with Gasteiger partial charge in [-0.2, -0.15) is 0 Å². The van der Waals surface area contributed by atoms with Gasteiger partial charge in [-0.1, -0.05) is 30.3 Å². The molecule has 1 N–H and O–H groups in total. The van der Waals surface area contributed by atoms with E-state index in [1.54, 1.807) is 14.2 Å². The molecule has 0 saturated heterocycles. The van der Waals surface area contributed by atoms with E-state index in [4.69, 9.17) is 19.2 Å². The highest BCUT2D eigenvalue weighted by Gasteiger charge is 2.16. The van der Waals surface area contributed by atoms with Gasteiger partial charge in [-0.15, -0.1) is 0 Å². The maximum absolute atomic E-state index is 10.7. The topological polar surface area (TPSA) is 65.7 Å². The second-order valence-corrected chi connectivity index (χ2v) is 7.77. The van der Waals surface area contributed by atoms with Gasteiger partial charge in [0.25, 0.3) is 0 Å². The molecule has 0 aliphatic rings. The Morgan fingerprint density at radius 1 is 0.938 bits per heavy atom. The number of aliphatic hydroxyl groups excluding tert-OH is 1. The van der Waals surface area contributed by atoms with Gasteiger partial charge in [0.1, 0.15) is 24.3 Å². The lowest BCUT2D eigenvalue weighted by atomic mass is 10.1. The lowest BCUT2D eigenvalue weighted by Crippen LogP contribution is -2.24. The van der Waals surface area contributed by atoms with Crippen LogP contribution in [0.3, 0.4) is 0 Å². The Bertz CT molecular complexity index is 1200. The van der Waals surface area contributed by atoms with E-state index in [0.717, 1.165) is 33.7 Å². The highest BCUT2D eigenvalue weighted by molar-refractivity contribution is 5.76. The summed E-state index contributed by atoms with van der Waals surface area (Å²) < 4.78 is 18.7. The Balaban J connectivity index is 1.56. The summed E-state index contributed by atoms with van der Waals surface area (Å²) in [6.45, 7) is 2.60. The molecule has 4 aromatic rings. The van der Waals surface area contributed by atoms with Gasteiger partial charge in [0, 0.05) is 6.42 Å². The SMILES string of the molecule is COc1ccc(Cc2nc3ccccc3n2CC(O)COc2cccc(C)c2)cc1OC. The van der Waals surface area contributed by atoms with Crippen LogP contribution in [0.1, 0.15) is 17.0 Å². The van der Waals surface area contributed by atoms with Crippen LogP contribution in [0.2, 0.25) is 0 Å². The molecule has 0 spiro atoms. The van der Waals surface area contributed by atoms with E-state index in [9.17, 15) is 5.11 Å². The van der Waals surface area contributed by atoms with Gasteiger partial charge in [-0.25, -0.2) is 4.98 Å². The van der Waals surface area contributed by atoms with Crippen LogP contribution in [0.25, 0.3) is 11.0 Å². The summed E-state index contributed by atoms with van der Waals surface area (Å²) in [5.41, 5.74) is 4.05. The van der Waals surface area contributed by atoms with Crippen LogP contribution >= 0.6 is 0 Å². The smallest absolute Gasteiger partial charge is 0.161 e. The summed E-state index contributed by atoms with van der Waals surface area (Å²) in [4.78, 5) is 4.83. The van der Waals surface area contributed by atoms with E-state index in [1.807, 2.05) is 73.7 Å². The van der Waals surface area contributed by atoms with Gasteiger partial charge >= 0.3 is 0 Å². The van der Waals surface area contributed by atoms with Crippen LogP contribution < -0.4 is 14.2 Å². The largest absolute Gasteiger partial charge is 0.493 e. The molecule has 1 unspecified atom stereocenters. The van der Waals surface area contributed by atoms with Gasteiger partial charge < -0.3 is 23.9 Å². The van der Waals surface area contributed by atoms with Gasteiger partial charge in [-0.05, 0) is 54.4 Å². The van der Waals surface area contributed by atoms with Crippen LogP contribution in [0.5, 0.6) is 17.2 Å². The zero-order valence-corrected chi connectivity index (χ0v) is 18.6.